The third-order valence-electron chi connectivity index (χ3n) is 3.20. The molecule has 0 aliphatic heterocycles. The summed E-state index contributed by atoms with van der Waals surface area (Å²) in [5, 5.41) is 20.4. The smallest absolute Gasteiger partial charge is 0.326 e. The number of carbonyl (C=O) groups is 2. The van der Waals surface area contributed by atoms with E-state index in [9.17, 15) is 9.59 Å². The van der Waals surface area contributed by atoms with E-state index in [0.717, 1.165) is 0 Å². The van der Waals surface area contributed by atoms with Crippen LogP contribution in [0.15, 0.2) is 12.1 Å². The van der Waals surface area contributed by atoms with Crippen molar-refractivity contribution < 1.29 is 14.7 Å². The summed E-state index contributed by atoms with van der Waals surface area (Å²) in [7, 11) is 0. The number of rotatable bonds is 5. The molecule has 1 amide bonds. The van der Waals surface area contributed by atoms with Gasteiger partial charge in [0, 0.05) is 0 Å². The standard InChI is InChI=1S/C14H17N3O3/c1-4-8(2)12(14(19)20)17-13(18)11-6-5-10(7-15)9(3)16-11/h5-6,8,12H,4H2,1-3H3,(H,17,18)(H,19,20). The van der Waals surface area contributed by atoms with E-state index in [0.29, 0.717) is 17.7 Å². The molecule has 2 atom stereocenters. The van der Waals surface area contributed by atoms with Crippen molar-refractivity contribution in [2.75, 3.05) is 0 Å². The highest BCUT2D eigenvalue weighted by atomic mass is 16.4. The molecular weight excluding hydrogens is 258 g/mol. The lowest BCUT2D eigenvalue weighted by Gasteiger charge is -2.19. The molecule has 1 rings (SSSR count). The van der Waals surface area contributed by atoms with Crippen LogP contribution in [0.3, 0.4) is 0 Å². The van der Waals surface area contributed by atoms with E-state index in [2.05, 4.69) is 10.3 Å². The average molecular weight is 275 g/mol. The first kappa shape index (κ1) is 15.6. The maximum Gasteiger partial charge on any atom is 0.326 e. The van der Waals surface area contributed by atoms with Gasteiger partial charge in [-0.15, -0.1) is 0 Å². The molecule has 0 bridgehead atoms. The molecule has 106 valence electrons. The van der Waals surface area contributed by atoms with Crippen molar-refractivity contribution in [3.8, 4) is 6.07 Å². The number of aliphatic carboxylic acids is 1. The predicted molar refractivity (Wildman–Crippen MR) is 72.0 cm³/mol. The van der Waals surface area contributed by atoms with Gasteiger partial charge in [-0.2, -0.15) is 5.26 Å². The largest absolute Gasteiger partial charge is 0.480 e. The molecule has 1 aromatic rings. The molecular formula is C14H17N3O3. The number of aromatic nitrogens is 1. The quantitative estimate of drug-likeness (QED) is 0.847. The van der Waals surface area contributed by atoms with Crippen molar-refractivity contribution in [1.82, 2.24) is 10.3 Å². The fourth-order valence-corrected chi connectivity index (χ4v) is 1.70. The number of carboxylic acid groups (broad SMARTS) is 1. The lowest BCUT2D eigenvalue weighted by Crippen LogP contribution is -2.45. The Morgan fingerprint density at radius 1 is 1.50 bits per heavy atom. The molecule has 0 spiro atoms. The number of amides is 1. The van der Waals surface area contributed by atoms with Crippen molar-refractivity contribution >= 4 is 11.9 Å². The van der Waals surface area contributed by atoms with Gasteiger partial charge < -0.3 is 10.4 Å². The minimum absolute atomic E-state index is 0.107. The van der Waals surface area contributed by atoms with E-state index in [4.69, 9.17) is 10.4 Å². The lowest BCUT2D eigenvalue weighted by atomic mass is 9.99. The summed E-state index contributed by atoms with van der Waals surface area (Å²) in [5.41, 5.74) is 0.935. The number of nitriles is 1. The molecule has 20 heavy (non-hydrogen) atoms. The predicted octanol–water partition coefficient (Wildman–Crippen LogP) is 1.49. The molecule has 2 unspecified atom stereocenters. The lowest BCUT2D eigenvalue weighted by molar-refractivity contribution is -0.140. The Morgan fingerprint density at radius 2 is 2.15 bits per heavy atom. The fraction of sp³-hybridized carbons (Fsp3) is 0.429. The van der Waals surface area contributed by atoms with Crippen LogP contribution in [0.2, 0.25) is 0 Å². The second-order valence-corrected chi connectivity index (χ2v) is 4.62. The first-order valence-electron chi connectivity index (χ1n) is 6.32. The SMILES string of the molecule is CCC(C)C(NC(=O)c1ccc(C#N)c(C)n1)C(=O)O. The van der Waals surface area contributed by atoms with Crippen LogP contribution in [0, 0.1) is 24.2 Å². The third kappa shape index (κ3) is 3.54. The molecule has 0 saturated carbocycles. The number of carbonyl (C=O) groups excluding carboxylic acids is 1. The Bertz CT molecular complexity index is 563. The van der Waals surface area contributed by atoms with Crippen LogP contribution in [0.25, 0.3) is 0 Å². The first-order valence-corrected chi connectivity index (χ1v) is 6.32. The van der Waals surface area contributed by atoms with Crippen LogP contribution in [-0.4, -0.2) is 28.0 Å². The zero-order chi connectivity index (χ0) is 15.3. The number of pyridine rings is 1. The molecule has 0 aromatic carbocycles. The summed E-state index contributed by atoms with van der Waals surface area (Å²) in [6.07, 6.45) is 0.636. The number of aryl methyl sites for hydroxylation is 1. The van der Waals surface area contributed by atoms with Gasteiger partial charge in [-0.25, -0.2) is 9.78 Å². The summed E-state index contributed by atoms with van der Waals surface area (Å²) in [4.78, 5) is 27.2. The van der Waals surface area contributed by atoms with Crippen LogP contribution in [-0.2, 0) is 4.79 Å². The van der Waals surface area contributed by atoms with E-state index < -0.39 is 17.9 Å². The number of nitrogens with one attached hydrogen (secondary N) is 1. The summed E-state index contributed by atoms with van der Waals surface area (Å²) in [6.45, 7) is 5.24. The molecule has 0 aliphatic carbocycles. The van der Waals surface area contributed by atoms with Gasteiger partial charge in [0.1, 0.15) is 17.8 Å². The first-order chi connectivity index (χ1) is 9.40. The fourth-order valence-electron chi connectivity index (χ4n) is 1.70. The molecule has 0 saturated heterocycles. The maximum absolute atomic E-state index is 12.0. The van der Waals surface area contributed by atoms with Crippen molar-refractivity contribution in [1.29, 1.82) is 5.26 Å². The van der Waals surface area contributed by atoms with Crippen LogP contribution in [0.4, 0.5) is 0 Å². The third-order valence-corrected chi connectivity index (χ3v) is 3.20. The van der Waals surface area contributed by atoms with Crippen molar-refractivity contribution in [2.24, 2.45) is 5.92 Å². The molecule has 1 heterocycles. The van der Waals surface area contributed by atoms with Gasteiger partial charge in [0.25, 0.3) is 5.91 Å². The highest BCUT2D eigenvalue weighted by Gasteiger charge is 2.26. The summed E-state index contributed by atoms with van der Waals surface area (Å²) >= 11 is 0. The number of nitrogens with zero attached hydrogens (tertiary/aromatic N) is 2. The van der Waals surface area contributed by atoms with E-state index in [1.807, 2.05) is 13.0 Å². The molecule has 6 heteroatoms. The number of hydrogen-bond donors (Lipinski definition) is 2. The van der Waals surface area contributed by atoms with Crippen LogP contribution >= 0.6 is 0 Å². The maximum atomic E-state index is 12.0. The Labute approximate surface area is 117 Å². The Kier molecular flexibility index (Phi) is 5.21. The molecule has 1 aromatic heterocycles. The normalized spacial score (nSPS) is 13.1. The van der Waals surface area contributed by atoms with Crippen molar-refractivity contribution in [3.05, 3.63) is 29.1 Å². The van der Waals surface area contributed by atoms with Gasteiger partial charge in [0.2, 0.25) is 0 Å². The highest BCUT2D eigenvalue weighted by molar-refractivity contribution is 5.95. The number of hydrogen-bond acceptors (Lipinski definition) is 4. The molecule has 6 nitrogen and oxygen atoms in total. The summed E-state index contributed by atoms with van der Waals surface area (Å²) in [6, 6.07) is 3.92. The second-order valence-electron chi connectivity index (χ2n) is 4.62. The number of carboxylic acids is 1. The van der Waals surface area contributed by atoms with Gasteiger partial charge in [-0.3, -0.25) is 4.79 Å². The van der Waals surface area contributed by atoms with Crippen LogP contribution in [0.5, 0.6) is 0 Å². The van der Waals surface area contributed by atoms with Gasteiger partial charge in [0.05, 0.1) is 11.3 Å². The van der Waals surface area contributed by atoms with Crippen molar-refractivity contribution in [3.63, 3.8) is 0 Å². The topological polar surface area (TPSA) is 103 Å². The van der Waals surface area contributed by atoms with E-state index in [1.54, 1.807) is 13.8 Å². The highest BCUT2D eigenvalue weighted by Crippen LogP contribution is 2.10. The monoisotopic (exact) mass is 275 g/mol. The Morgan fingerprint density at radius 3 is 2.60 bits per heavy atom. The van der Waals surface area contributed by atoms with E-state index in [1.165, 1.54) is 12.1 Å². The minimum Gasteiger partial charge on any atom is -0.480 e. The van der Waals surface area contributed by atoms with E-state index >= 15 is 0 Å². The zero-order valence-electron chi connectivity index (χ0n) is 11.7. The molecule has 2 N–H and O–H groups in total. The van der Waals surface area contributed by atoms with Gasteiger partial charge >= 0.3 is 5.97 Å². The van der Waals surface area contributed by atoms with Crippen LogP contribution in [0.1, 0.15) is 42.0 Å². The van der Waals surface area contributed by atoms with E-state index in [-0.39, 0.29) is 11.6 Å². The second kappa shape index (κ2) is 6.66. The Hall–Kier alpha value is -2.42. The van der Waals surface area contributed by atoms with Gasteiger partial charge in [0.15, 0.2) is 0 Å². The minimum atomic E-state index is -1.07. The van der Waals surface area contributed by atoms with Gasteiger partial charge in [-0.1, -0.05) is 20.3 Å². The summed E-state index contributed by atoms with van der Waals surface area (Å²) < 4.78 is 0. The molecule has 0 fully saturated rings. The molecule has 0 radical (unpaired) electrons. The zero-order valence-corrected chi connectivity index (χ0v) is 11.7. The van der Waals surface area contributed by atoms with Crippen LogP contribution < -0.4 is 5.32 Å². The average Bonchev–Trinajstić information content (AvgIpc) is 2.43. The molecule has 0 aliphatic rings. The van der Waals surface area contributed by atoms with Crippen molar-refractivity contribution in [2.45, 2.75) is 33.2 Å². The summed E-state index contributed by atoms with van der Waals surface area (Å²) in [5.74, 6) is -1.81. The van der Waals surface area contributed by atoms with Gasteiger partial charge in [-0.05, 0) is 25.0 Å². The Balaban J connectivity index is 2.93.